The van der Waals surface area contributed by atoms with Gasteiger partial charge < -0.3 is 10.6 Å². The van der Waals surface area contributed by atoms with Gasteiger partial charge in [-0.2, -0.15) is 0 Å². The fraction of sp³-hybridized carbons (Fsp3) is 0.207. The van der Waals surface area contributed by atoms with Crippen molar-refractivity contribution in [1.29, 1.82) is 0 Å². The molecule has 0 spiro atoms. The summed E-state index contributed by atoms with van der Waals surface area (Å²) in [6.07, 6.45) is 5.23. The molecule has 6 rings (SSSR count). The number of aryl methyl sites for hydroxylation is 1. The molecule has 0 radical (unpaired) electrons. The zero-order valence-electron chi connectivity index (χ0n) is 19.7. The number of nitrogens with one attached hydrogen (secondary N) is 2. The van der Waals surface area contributed by atoms with Crippen LogP contribution in [0.3, 0.4) is 0 Å². The summed E-state index contributed by atoms with van der Waals surface area (Å²) in [6, 6.07) is 24.6. The fourth-order valence-corrected chi connectivity index (χ4v) is 4.62. The minimum atomic E-state index is -0.00308. The van der Waals surface area contributed by atoms with E-state index in [1.54, 1.807) is 0 Å². The molecule has 2 N–H and O–H groups in total. The fourth-order valence-electron chi connectivity index (χ4n) is 4.62. The summed E-state index contributed by atoms with van der Waals surface area (Å²) >= 11 is 0. The summed E-state index contributed by atoms with van der Waals surface area (Å²) < 4.78 is 2.14. The molecule has 6 nitrogen and oxygen atoms in total. The van der Waals surface area contributed by atoms with E-state index < -0.39 is 0 Å². The van der Waals surface area contributed by atoms with Crippen LogP contribution in [0.4, 0.5) is 5.82 Å². The lowest BCUT2D eigenvalue weighted by molar-refractivity contribution is 0.0917. The van der Waals surface area contributed by atoms with Gasteiger partial charge in [-0.3, -0.25) is 9.20 Å². The molecule has 0 atom stereocenters. The van der Waals surface area contributed by atoms with Crippen molar-refractivity contribution >= 4 is 28.4 Å². The van der Waals surface area contributed by atoms with Crippen molar-refractivity contribution in [2.45, 2.75) is 38.8 Å². The highest BCUT2D eigenvalue weighted by Crippen LogP contribution is 2.29. The first-order chi connectivity index (χ1) is 17.2. The Morgan fingerprint density at radius 3 is 2.63 bits per heavy atom. The van der Waals surface area contributed by atoms with Crippen LogP contribution in [0.2, 0.25) is 0 Å². The normalized spacial score (nSPS) is 13.6. The van der Waals surface area contributed by atoms with E-state index in [4.69, 9.17) is 9.97 Å². The Labute approximate surface area is 204 Å². The van der Waals surface area contributed by atoms with E-state index in [1.807, 2.05) is 48.7 Å². The average Bonchev–Trinajstić information content (AvgIpc) is 3.31. The number of fused-ring (bicyclic) bond motifs is 3. The van der Waals surface area contributed by atoms with E-state index >= 15 is 0 Å². The third kappa shape index (κ3) is 4.12. The Bertz CT molecular complexity index is 1530. The molecule has 0 unspecified atom stereocenters. The number of benzene rings is 3. The maximum atomic E-state index is 12.5. The van der Waals surface area contributed by atoms with Gasteiger partial charge in [0.05, 0.1) is 22.9 Å². The van der Waals surface area contributed by atoms with Gasteiger partial charge in [0.1, 0.15) is 0 Å². The number of aromatic nitrogens is 3. The van der Waals surface area contributed by atoms with E-state index in [1.165, 1.54) is 17.5 Å². The first kappa shape index (κ1) is 21.4. The summed E-state index contributed by atoms with van der Waals surface area (Å²) in [5, 5.41) is 6.60. The molecule has 174 valence electrons. The van der Waals surface area contributed by atoms with Crippen LogP contribution in [0.15, 0.2) is 79.0 Å². The molecule has 2 heterocycles. The third-order valence-corrected chi connectivity index (χ3v) is 6.75. The van der Waals surface area contributed by atoms with Crippen molar-refractivity contribution in [2.75, 3.05) is 5.32 Å². The Balaban J connectivity index is 1.36. The number of hydrogen-bond donors (Lipinski definition) is 2. The van der Waals surface area contributed by atoms with Crippen molar-refractivity contribution in [3.63, 3.8) is 0 Å². The zero-order valence-corrected chi connectivity index (χ0v) is 19.7. The summed E-state index contributed by atoms with van der Waals surface area (Å²) in [7, 11) is 0. The summed E-state index contributed by atoms with van der Waals surface area (Å²) in [5.41, 5.74) is 7.72. The number of carbonyl (C=O) groups excluding carboxylic acids is 1. The van der Waals surface area contributed by atoms with Crippen molar-refractivity contribution in [3.05, 3.63) is 95.7 Å². The van der Waals surface area contributed by atoms with Crippen LogP contribution < -0.4 is 10.6 Å². The SMILES string of the molecule is Cc1cccc(CNc2nc3ccccc3n3c(-c4ccc(C(=O)NC5CCC5)cc4)cnc23)c1. The minimum absolute atomic E-state index is 0.00308. The number of anilines is 1. The molecule has 2 aromatic heterocycles. The molecule has 1 aliphatic carbocycles. The van der Waals surface area contributed by atoms with Crippen LogP contribution >= 0.6 is 0 Å². The Morgan fingerprint density at radius 2 is 1.86 bits per heavy atom. The molecule has 5 aromatic rings. The van der Waals surface area contributed by atoms with Crippen LogP contribution in [0.25, 0.3) is 27.9 Å². The highest BCUT2D eigenvalue weighted by molar-refractivity contribution is 5.95. The molecule has 35 heavy (non-hydrogen) atoms. The summed E-state index contributed by atoms with van der Waals surface area (Å²) in [6.45, 7) is 2.76. The summed E-state index contributed by atoms with van der Waals surface area (Å²) in [4.78, 5) is 22.2. The molecule has 0 aliphatic heterocycles. The number of imidazole rings is 1. The van der Waals surface area contributed by atoms with Crippen molar-refractivity contribution < 1.29 is 4.79 Å². The Kier molecular flexibility index (Phi) is 5.41. The van der Waals surface area contributed by atoms with Gasteiger partial charge in [-0.15, -0.1) is 0 Å². The van der Waals surface area contributed by atoms with Crippen molar-refractivity contribution in [3.8, 4) is 11.3 Å². The quantitative estimate of drug-likeness (QED) is 0.338. The second-order valence-corrected chi connectivity index (χ2v) is 9.27. The monoisotopic (exact) mass is 461 g/mol. The number of amides is 1. The van der Waals surface area contributed by atoms with E-state index in [0.717, 1.165) is 46.6 Å². The number of para-hydroxylation sites is 2. The number of carbonyl (C=O) groups is 1. The lowest BCUT2D eigenvalue weighted by Gasteiger charge is -2.26. The van der Waals surface area contributed by atoms with E-state index in [0.29, 0.717) is 18.2 Å². The van der Waals surface area contributed by atoms with Gasteiger partial charge in [0, 0.05) is 23.7 Å². The highest BCUT2D eigenvalue weighted by atomic mass is 16.1. The zero-order chi connectivity index (χ0) is 23.8. The first-order valence-corrected chi connectivity index (χ1v) is 12.1. The second-order valence-electron chi connectivity index (χ2n) is 9.27. The largest absolute Gasteiger partial charge is 0.363 e. The van der Waals surface area contributed by atoms with Crippen LogP contribution in [0, 0.1) is 6.92 Å². The summed E-state index contributed by atoms with van der Waals surface area (Å²) in [5.74, 6) is 0.740. The molecule has 1 amide bonds. The molecule has 1 fully saturated rings. The van der Waals surface area contributed by atoms with Gasteiger partial charge in [-0.05, 0) is 56.0 Å². The van der Waals surface area contributed by atoms with Gasteiger partial charge in [-0.25, -0.2) is 9.97 Å². The van der Waals surface area contributed by atoms with Crippen molar-refractivity contribution in [1.82, 2.24) is 19.7 Å². The molecule has 0 saturated heterocycles. The lowest BCUT2D eigenvalue weighted by atomic mass is 9.93. The standard InChI is InChI=1S/C29H27N5O/c1-19-6-4-7-20(16-19)17-30-27-28-31-18-26(34(28)25-11-3-2-10-24(25)33-27)21-12-14-22(15-13-21)29(35)32-23-8-5-9-23/h2-4,6-7,10-16,18,23H,5,8-9,17H2,1H3,(H,30,33)(H,32,35). The van der Waals surface area contributed by atoms with Crippen LogP contribution in [0.5, 0.6) is 0 Å². The molecular weight excluding hydrogens is 434 g/mol. The number of hydrogen-bond acceptors (Lipinski definition) is 4. The van der Waals surface area contributed by atoms with Crippen LogP contribution in [0.1, 0.15) is 40.7 Å². The second kappa shape index (κ2) is 8.87. The molecule has 1 saturated carbocycles. The first-order valence-electron chi connectivity index (χ1n) is 12.1. The maximum absolute atomic E-state index is 12.5. The van der Waals surface area contributed by atoms with E-state index in [-0.39, 0.29) is 5.91 Å². The predicted molar refractivity (Wildman–Crippen MR) is 140 cm³/mol. The molecule has 0 bridgehead atoms. The van der Waals surface area contributed by atoms with Gasteiger partial charge in [-0.1, -0.05) is 54.1 Å². The topological polar surface area (TPSA) is 71.3 Å². The van der Waals surface area contributed by atoms with E-state index in [2.05, 4.69) is 52.3 Å². The number of rotatable bonds is 6. The Morgan fingerprint density at radius 1 is 1.03 bits per heavy atom. The third-order valence-electron chi connectivity index (χ3n) is 6.75. The van der Waals surface area contributed by atoms with Crippen LogP contribution in [-0.2, 0) is 6.54 Å². The lowest BCUT2D eigenvalue weighted by Crippen LogP contribution is -2.39. The van der Waals surface area contributed by atoms with Gasteiger partial charge in [0.25, 0.3) is 5.91 Å². The maximum Gasteiger partial charge on any atom is 0.251 e. The predicted octanol–water partition coefficient (Wildman–Crippen LogP) is 5.75. The molecule has 3 aromatic carbocycles. The number of nitrogens with zero attached hydrogens (tertiary/aromatic N) is 3. The molecular formula is C29H27N5O. The highest BCUT2D eigenvalue weighted by Gasteiger charge is 2.20. The molecule has 1 aliphatic rings. The van der Waals surface area contributed by atoms with Gasteiger partial charge >= 0.3 is 0 Å². The Hall–Kier alpha value is -4.19. The van der Waals surface area contributed by atoms with E-state index in [9.17, 15) is 4.79 Å². The minimum Gasteiger partial charge on any atom is -0.363 e. The van der Waals surface area contributed by atoms with Gasteiger partial charge in [0.2, 0.25) is 0 Å². The van der Waals surface area contributed by atoms with Crippen molar-refractivity contribution in [2.24, 2.45) is 0 Å². The van der Waals surface area contributed by atoms with Crippen LogP contribution in [-0.4, -0.2) is 26.3 Å². The van der Waals surface area contributed by atoms with Gasteiger partial charge in [0.15, 0.2) is 11.5 Å². The average molecular weight is 462 g/mol. The smallest absolute Gasteiger partial charge is 0.251 e. The molecule has 6 heteroatoms.